The molecule has 2 aromatic rings. The van der Waals surface area contributed by atoms with Crippen molar-refractivity contribution >= 4 is 71.5 Å². The van der Waals surface area contributed by atoms with Gasteiger partial charge in [0.1, 0.15) is 11.4 Å². The van der Waals surface area contributed by atoms with Gasteiger partial charge in [0.2, 0.25) is 5.91 Å². The van der Waals surface area contributed by atoms with E-state index in [1.54, 1.807) is 30.0 Å². The van der Waals surface area contributed by atoms with Gasteiger partial charge in [-0.1, -0.05) is 0 Å². The molecule has 7 nitrogen and oxygen atoms in total. The number of halogens is 6. The lowest BCUT2D eigenvalue weighted by atomic mass is 10.1. The first-order chi connectivity index (χ1) is 16.3. The van der Waals surface area contributed by atoms with Crippen LogP contribution in [-0.2, 0) is 11.0 Å². The SMILES string of the molecule is COc1ccc2nc(C(F)(F)F)cc(N3CCN([C@@H]4CN[C@H](C(=O)N5CCSC5)C4)CC3)c2c1.Cl.Cl.Cl. The van der Waals surface area contributed by atoms with Crippen LogP contribution in [0.4, 0.5) is 18.9 Å². The Bertz CT molecular complexity index is 1070. The number of nitrogens with one attached hydrogen (secondary N) is 1. The number of methoxy groups -OCH3 is 1. The molecular weight excluding hydrogens is 574 g/mol. The van der Waals surface area contributed by atoms with E-state index in [9.17, 15) is 18.0 Å². The van der Waals surface area contributed by atoms with Crippen molar-refractivity contribution in [1.82, 2.24) is 20.1 Å². The summed E-state index contributed by atoms with van der Waals surface area (Å²) in [5.74, 6) is 2.53. The lowest BCUT2D eigenvalue weighted by molar-refractivity contribution is -0.141. The minimum absolute atomic E-state index is 0. The van der Waals surface area contributed by atoms with Crippen molar-refractivity contribution in [2.45, 2.75) is 24.7 Å². The van der Waals surface area contributed by atoms with Crippen LogP contribution in [0.15, 0.2) is 24.3 Å². The third kappa shape index (κ3) is 6.80. The molecule has 0 unspecified atom stereocenters. The topological polar surface area (TPSA) is 60.9 Å². The summed E-state index contributed by atoms with van der Waals surface area (Å²) in [5, 5.41) is 4.03. The fourth-order valence-corrected chi connectivity index (χ4v) is 6.00. The molecule has 3 saturated heterocycles. The van der Waals surface area contributed by atoms with E-state index in [4.69, 9.17) is 4.74 Å². The van der Waals surface area contributed by atoms with Gasteiger partial charge in [0.05, 0.1) is 24.5 Å². The third-order valence-electron chi connectivity index (χ3n) is 6.93. The number of aromatic nitrogens is 1. The average molecular weight is 605 g/mol. The van der Waals surface area contributed by atoms with E-state index in [0.717, 1.165) is 50.3 Å². The number of benzene rings is 1. The summed E-state index contributed by atoms with van der Waals surface area (Å²) >= 11 is 1.78. The number of hydrogen-bond donors (Lipinski definition) is 1. The van der Waals surface area contributed by atoms with E-state index < -0.39 is 11.9 Å². The molecule has 3 aliphatic rings. The van der Waals surface area contributed by atoms with Gasteiger partial charge < -0.3 is 19.9 Å². The normalized spacial score (nSPS) is 22.3. The first-order valence-corrected chi connectivity index (χ1v) is 12.6. The Morgan fingerprint density at radius 1 is 1.11 bits per heavy atom. The minimum atomic E-state index is -4.52. The number of carbonyl (C=O) groups excluding carboxylic acids is 1. The standard InChI is InChI=1S/C23H28F3N5O2S.3ClH/c1-33-16-2-3-18-17(11-16)20(12-21(28-18)23(24,25)26)30-6-4-29(5-7-30)15-10-19(27-13-15)22(32)31-8-9-34-14-31;;;/h2-3,11-12,15,19,27H,4-10,13-14H2,1H3;3*1H/t15-,19-;;;/m0.../s1. The van der Waals surface area contributed by atoms with Crippen LogP contribution in [0.2, 0.25) is 0 Å². The maximum Gasteiger partial charge on any atom is 0.433 e. The predicted molar refractivity (Wildman–Crippen MR) is 148 cm³/mol. The summed E-state index contributed by atoms with van der Waals surface area (Å²) in [7, 11) is 1.54. The highest BCUT2D eigenvalue weighted by Crippen LogP contribution is 2.36. The fraction of sp³-hybridized carbons (Fsp3) is 0.565. The summed E-state index contributed by atoms with van der Waals surface area (Å²) in [6.07, 6.45) is -3.75. The number of thioether (sulfide) groups is 1. The molecule has 5 rings (SSSR count). The number of amides is 1. The van der Waals surface area contributed by atoms with E-state index in [2.05, 4.69) is 15.2 Å². The zero-order valence-corrected chi connectivity index (χ0v) is 23.5. The molecule has 1 aromatic heterocycles. The van der Waals surface area contributed by atoms with Gasteiger partial charge in [-0.3, -0.25) is 9.69 Å². The second-order valence-corrected chi connectivity index (χ2v) is 9.99. The molecule has 1 aromatic carbocycles. The molecule has 3 fully saturated rings. The zero-order chi connectivity index (χ0) is 23.9. The highest BCUT2D eigenvalue weighted by molar-refractivity contribution is 7.99. The number of nitrogens with zero attached hydrogens (tertiary/aromatic N) is 4. The van der Waals surface area contributed by atoms with Crippen LogP contribution < -0.4 is 15.0 Å². The fourth-order valence-electron chi connectivity index (χ4n) is 5.04. The van der Waals surface area contributed by atoms with Crippen LogP contribution in [0, 0.1) is 0 Å². The number of ether oxygens (including phenoxy) is 1. The van der Waals surface area contributed by atoms with E-state index in [1.165, 1.54) is 7.11 Å². The second kappa shape index (κ2) is 13.1. The quantitative estimate of drug-likeness (QED) is 0.568. The van der Waals surface area contributed by atoms with Gasteiger partial charge in [-0.15, -0.1) is 49.0 Å². The van der Waals surface area contributed by atoms with Crippen molar-refractivity contribution in [1.29, 1.82) is 0 Å². The highest BCUT2D eigenvalue weighted by Gasteiger charge is 2.38. The van der Waals surface area contributed by atoms with Crippen LogP contribution in [-0.4, -0.2) is 90.8 Å². The minimum Gasteiger partial charge on any atom is -0.497 e. The molecule has 2 atom stereocenters. The third-order valence-corrected chi connectivity index (χ3v) is 7.89. The average Bonchev–Trinajstić information content (AvgIpc) is 3.55. The van der Waals surface area contributed by atoms with Gasteiger partial charge in [0, 0.05) is 62.1 Å². The van der Waals surface area contributed by atoms with Crippen molar-refractivity contribution < 1.29 is 22.7 Å². The molecule has 4 heterocycles. The Balaban J connectivity index is 0.00000160. The summed E-state index contributed by atoms with van der Waals surface area (Å²) in [4.78, 5) is 22.8. The van der Waals surface area contributed by atoms with Gasteiger partial charge in [0.15, 0.2) is 0 Å². The first-order valence-electron chi connectivity index (χ1n) is 11.5. The van der Waals surface area contributed by atoms with E-state index >= 15 is 0 Å². The lowest BCUT2D eigenvalue weighted by Crippen LogP contribution is -2.51. The van der Waals surface area contributed by atoms with Crippen molar-refractivity contribution in [2.75, 3.05) is 62.9 Å². The maximum absolute atomic E-state index is 13.5. The van der Waals surface area contributed by atoms with E-state index in [1.807, 2.05) is 9.80 Å². The van der Waals surface area contributed by atoms with Crippen LogP contribution in [0.3, 0.4) is 0 Å². The molecule has 208 valence electrons. The highest BCUT2D eigenvalue weighted by atomic mass is 35.5. The maximum atomic E-state index is 13.5. The van der Waals surface area contributed by atoms with Crippen molar-refractivity contribution in [3.8, 4) is 5.75 Å². The molecule has 37 heavy (non-hydrogen) atoms. The molecule has 1 amide bonds. The zero-order valence-electron chi connectivity index (χ0n) is 20.2. The molecule has 0 aliphatic carbocycles. The molecule has 1 N–H and O–H groups in total. The summed E-state index contributed by atoms with van der Waals surface area (Å²) in [5.41, 5.74) is -0.0569. The Hall–Kier alpha value is -1.37. The molecule has 0 saturated carbocycles. The van der Waals surface area contributed by atoms with E-state index in [0.29, 0.717) is 35.4 Å². The Labute approximate surface area is 237 Å². The van der Waals surface area contributed by atoms with Crippen molar-refractivity contribution in [2.24, 2.45) is 0 Å². The van der Waals surface area contributed by atoms with Gasteiger partial charge >= 0.3 is 6.18 Å². The largest absolute Gasteiger partial charge is 0.497 e. The number of piperazine rings is 1. The molecule has 3 aliphatic heterocycles. The van der Waals surface area contributed by atoms with Gasteiger partial charge in [-0.25, -0.2) is 4.98 Å². The predicted octanol–water partition coefficient (Wildman–Crippen LogP) is 3.91. The van der Waals surface area contributed by atoms with Crippen molar-refractivity contribution in [3.63, 3.8) is 0 Å². The first kappa shape index (κ1) is 31.8. The number of anilines is 1. The number of carbonyl (C=O) groups is 1. The number of pyridine rings is 1. The smallest absolute Gasteiger partial charge is 0.433 e. The van der Waals surface area contributed by atoms with Crippen LogP contribution in [0.1, 0.15) is 12.1 Å². The molecule has 14 heteroatoms. The van der Waals surface area contributed by atoms with Gasteiger partial charge in [0.25, 0.3) is 0 Å². The van der Waals surface area contributed by atoms with Gasteiger partial charge in [-0.2, -0.15) is 13.2 Å². The van der Waals surface area contributed by atoms with Crippen LogP contribution in [0.5, 0.6) is 5.75 Å². The lowest BCUT2D eigenvalue weighted by Gasteiger charge is -2.39. The van der Waals surface area contributed by atoms with Crippen LogP contribution >= 0.6 is 49.0 Å². The summed E-state index contributed by atoms with van der Waals surface area (Å²) < 4.78 is 45.9. The Kier molecular flexibility index (Phi) is 11.3. The number of alkyl halides is 3. The molecular formula is C23H31Cl3F3N5O2S. The number of fused-ring (bicyclic) bond motifs is 1. The molecule has 0 radical (unpaired) electrons. The second-order valence-electron chi connectivity index (χ2n) is 8.92. The Morgan fingerprint density at radius 2 is 1.84 bits per heavy atom. The summed E-state index contributed by atoms with van der Waals surface area (Å²) in [6.45, 7) is 4.22. The van der Waals surface area contributed by atoms with Crippen LogP contribution in [0.25, 0.3) is 10.9 Å². The molecule has 0 bridgehead atoms. The number of hydrogen-bond acceptors (Lipinski definition) is 7. The van der Waals surface area contributed by atoms with Crippen molar-refractivity contribution in [3.05, 3.63) is 30.0 Å². The van der Waals surface area contributed by atoms with E-state index in [-0.39, 0.29) is 55.2 Å². The molecule has 0 spiro atoms. The summed E-state index contributed by atoms with van der Waals surface area (Å²) in [6, 6.07) is 6.21. The number of rotatable bonds is 4. The van der Waals surface area contributed by atoms with Gasteiger partial charge in [-0.05, 0) is 30.7 Å². The monoisotopic (exact) mass is 603 g/mol. The Morgan fingerprint density at radius 3 is 2.46 bits per heavy atom.